The van der Waals surface area contributed by atoms with Gasteiger partial charge in [0.25, 0.3) is 0 Å². The minimum atomic E-state index is 0.836. The van der Waals surface area contributed by atoms with Crippen molar-refractivity contribution >= 4 is 11.6 Å². The Labute approximate surface area is 54.2 Å². The Morgan fingerprint density at radius 2 is 2.50 bits per heavy atom. The topological polar surface area (TPSA) is 3.24 Å². The van der Waals surface area contributed by atoms with Gasteiger partial charge in [-0.3, -0.25) is 0 Å². The fraction of sp³-hybridized carbons (Fsp3) is 0.333. The molecule has 0 spiro atoms. The third kappa shape index (κ3) is 1.27. The zero-order valence-corrected chi connectivity index (χ0v) is 5.52. The van der Waals surface area contributed by atoms with Crippen LogP contribution in [0.1, 0.15) is 0 Å². The molecule has 0 unspecified atom stereocenters. The Hall–Kier alpha value is -0.430. The fourth-order valence-corrected chi connectivity index (χ4v) is 0.684. The first-order valence-corrected chi connectivity index (χ1v) is 2.91. The molecule has 0 saturated carbocycles. The number of hydrogen-bond acceptors (Lipinski definition) is 1. The molecule has 0 radical (unpaired) electrons. The van der Waals surface area contributed by atoms with Crippen LogP contribution >= 0.6 is 11.6 Å². The molecule has 0 saturated heterocycles. The summed E-state index contributed by atoms with van der Waals surface area (Å²) >= 11 is 5.63. The van der Waals surface area contributed by atoms with Crippen molar-refractivity contribution < 1.29 is 0 Å². The molecule has 1 nitrogen and oxygen atoms in total. The van der Waals surface area contributed by atoms with Crippen LogP contribution in [0.25, 0.3) is 0 Å². The lowest BCUT2D eigenvalue weighted by atomic mass is 10.4. The van der Waals surface area contributed by atoms with Gasteiger partial charge in [0.05, 0.1) is 0 Å². The molecule has 0 aliphatic carbocycles. The number of rotatable bonds is 0. The molecule has 0 aromatic heterocycles. The monoisotopic (exact) mass is 129 g/mol. The molecule has 1 rings (SSSR count). The third-order valence-corrected chi connectivity index (χ3v) is 1.34. The van der Waals surface area contributed by atoms with Crippen LogP contribution in [-0.2, 0) is 0 Å². The lowest BCUT2D eigenvalue weighted by molar-refractivity contribution is 0.504. The van der Waals surface area contributed by atoms with E-state index in [2.05, 4.69) is 4.90 Å². The van der Waals surface area contributed by atoms with E-state index in [1.807, 2.05) is 25.4 Å². The minimum Gasteiger partial charge on any atom is -0.377 e. The van der Waals surface area contributed by atoms with Gasteiger partial charge in [0.15, 0.2) is 0 Å². The number of allylic oxidation sites excluding steroid dienone is 2. The summed E-state index contributed by atoms with van der Waals surface area (Å²) in [5.41, 5.74) is 0. The molecule has 1 heterocycles. The first-order chi connectivity index (χ1) is 3.79. The molecule has 1 aliphatic heterocycles. The molecule has 0 aromatic rings. The van der Waals surface area contributed by atoms with Gasteiger partial charge in [0.2, 0.25) is 0 Å². The first-order valence-electron chi connectivity index (χ1n) is 2.53. The third-order valence-electron chi connectivity index (χ3n) is 1.06. The molecule has 0 N–H and O–H groups in total. The van der Waals surface area contributed by atoms with Crippen molar-refractivity contribution in [1.82, 2.24) is 4.90 Å². The van der Waals surface area contributed by atoms with E-state index in [0.717, 1.165) is 11.6 Å². The highest BCUT2D eigenvalue weighted by Gasteiger charge is 1.94. The molecule has 8 heavy (non-hydrogen) atoms. The molecule has 0 fully saturated rings. The zero-order chi connectivity index (χ0) is 5.98. The Bertz CT molecular complexity index is 137. The summed E-state index contributed by atoms with van der Waals surface area (Å²) in [5.74, 6) is 0. The van der Waals surface area contributed by atoms with Crippen LogP contribution in [0.15, 0.2) is 23.4 Å². The normalized spacial score (nSPS) is 18.8. The zero-order valence-electron chi connectivity index (χ0n) is 4.76. The van der Waals surface area contributed by atoms with Gasteiger partial charge in [0.1, 0.15) is 0 Å². The van der Waals surface area contributed by atoms with Crippen LogP contribution in [0.4, 0.5) is 0 Å². The van der Waals surface area contributed by atoms with Gasteiger partial charge in [-0.15, -0.1) is 0 Å². The number of likely N-dealkylation sites (N-methyl/N-ethyl adjacent to an activating group) is 1. The average Bonchev–Trinajstić information content (AvgIpc) is 1.77. The Morgan fingerprint density at radius 3 is 2.88 bits per heavy atom. The van der Waals surface area contributed by atoms with Gasteiger partial charge in [-0.05, 0) is 12.2 Å². The maximum atomic E-state index is 5.63. The highest BCUT2D eigenvalue weighted by atomic mass is 35.5. The number of hydrogen-bond donors (Lipinski definition) is 0. The summed E-state index contributed by atoms with van der Waals surface area (Å²) in [6, 6.07) is 0. The van der Waals surface area contributed by atoms with Crippen LogP contribution in [-0.4, -0.2) is 18.5 Å². The van der Waals surface area contributed by atoms with E-state index in [1.54, 1.807) is 0 Å². The van der Waals surface area contributed by atoms with Crippen molar-refractivity contribution in [2.24, 2.45) is 0 Å². The van der Waals surface area contributed by atoms with E-state index < -0.39 is 0 Å². The SMILES string of the molecule is CN1C=CC(Cl)=CC1. The average molecular weight is 130 g/mol. The lowest BCUT2D eigenvalue weighted by Crippen LogP contribution is -2.12. The van der Waals surface area contributed by atoms with Gasteiger partial charge in [0, 0.05) is 24.8 Å². The number of nitrogens with zero attached hydrogens (tertiary/aromatic N) is 1. The molecule has 0 bridgehead atoms. The summed E-state index contributed by atoms with van der Waals surface area (Å²) < 4.78 is 0. The summed E-state index contributed by atoms with van der Waals surface area (Å²) in [6.45, 7) is 0.926. The smallest absolute Gasteiger partial charge is 0.0398 e. The first kappa shape index (κ1) is 5.70. The maximum absolute atomic E-state index is 5.63. The Morgan fingerprint density at radius 1 is 1.75 bits per heavy atom. The summed E-state index contributed by atoms with van der Waals surface area (Å²) in [6.07, 6.45) is 5.81. The summed E-state index contributed by atoms with van der Waals surface area (Å²) in [7, 11) is 2.01. The van der Waals surface area contributed by atoms with Gasteiger partial charge in [-0.1, -0.05) is 11.6 Å². The minimum absolute atomic E-state index is 0.836. The highest BCUT2D eigenvalue weighted by Crippen LogP contribution is 2.07. The van der Waals surface area contributed by atoms with Crippen molar-refractivity contribution in [2.45, 2.75) is 0 Å². The van der Waals surface area contributed by atoms with Crippen LogP contribution < -0.4 is 0 Å². The van der Waals surface area contributed by atoms with E-state index in [-0.39, 0.29) is 0 Å². The number of halogens is 1. The van der Waals surface area contributed by atoms with Crippen molar-refractivity contribution in [2.75, 3.05) is 13.6 Å². The Kier molecular flexibility index (Phi) is 1.59. The predicted octanol–water partition coefficient (Wildman–Crippen LogP) is 1.57. The van der Waals surface area contributed by atoms with Crippen molar-refractivity contribution in [3.8, 4) is 0 Å². The van der Waals surface area contributed by atoms with Crippen LogP contribution in [0.2, 0.25) is 0 Å². The molecule has 0 aromatic carbocycles. The van der Waals surface area contributed by atoms with E-state index in [9.17, 15) is 0 Å². The maximum Gasteiger partial charge on any atom is 0.0398 e. The molecule has 44 valence electrons. The Balaban J connectivity index is 2.58. The highest BCUT2D eigenvalue weighted by molar-refractivity contribution is 6.31. The standard InChI is InChI=1S/C6H8ClN/c1-8-4-2-6(7)3-5-8/h2-4H,5H2,1H3. The van der Waals surface area contributed by atoms with E-state index in [0.29, 0.717) is 0 Å². The fourth-order valence-electron chi connectivity index (χ4n) is 0.559. The van der Waals surface area contributed by atoms with E-state index in [4.69, 9.17) is 11.6 Å². The predicted molar refractivity (Wildman–Crippen MR) is 35.7 cm³/mol. The van der Waals surface area contributed by atoms with Gasteiger partial charge in [-0.25, -0.2) is 0 Å². The lowest BCUT2D eigenvalue weighted by Gasteiger charge is -2.13. The molecular weight excluding hydrogens is 122 g/mol. The van der Waals surface area contributed by atoms with Gasteiger partial charge in [-0.2, -0.15) is 0 Å². The van der Waals surface area contributed by atoms with Crippen molar-refractivity contribution in [3.05, 3.63) is 23.4 Å². The molecule has 1 aliphatic rings. The second kappa shape index (κ2) is 2.23. The molecule has 0 amide bonds. The molecule has 0 atom stereocenters. The molecular formula is C6H8ClN. The van der Waals surface area contributed by atoms with Crippen molar-refractivity contribution in [3.63, 3.8) is 0 Å². The largest absolute Gasteiger partial charge is 0.377 e. The van der Waals surface area contributed by atoms with Gasteiger partial charge < -0.3 is 4.90 Å². The quantitative estimate of drug-likeness (QED) is 0.480. The second-order valence-corrected chi connectivity index (χ2v) is 2.28. The van der Waals surface area contributed by atoms with Gasteiger partial charge >= 0.3 is 0 Å². The van der Waals surface area contributed by atoms with Crippen LogP contribution in [0.5, 0.6) is 0 Å². The summed E-state index contributed by atoms with van der Waals surface area (Å²) in [4.78, 5) is 2.06. The van der Waals surface area contributed by atoms with E-state index >= 15 is 0 Å². The second-order valence-electron chi connectivity index (χ2n) is 1.84. The van der Waals surface area contributed by atoms with E-state index in [1.165, 1.54) is 0 Å². The molecule has 2 heteroatoms. The van der Waals surface area contributed by atoms with Crippen molar-refractivity contribution in [1.29, 1.82) is 0 Å². The van der Waals surface area contributed by atoms with Crippen LogP contribution in [0.3, 0.4) is 0 Å². The summed E-state index contributed by atoms with van der Waals surface area (Å²) in [5, 5.41) is 0.836. The van der Waals surface area contributed by atoms with Crippen LogP contribution in [0, 0.1) is 0 Å².